The molecular formula is C10H14N6O. The van der Waals surface area contributed by atoms with Crippen LogP contribution in [0.2, 0.25) is 0 Å². The minimum atomic E-state index is -0.622. The number of carbonyl (C=O) groups excluding carboxylic acids is 1. The fourth-order valence-corrected chi connectivity index (χ4v) is 2.27. The summed E-state index contributed by atoms with van der Waals surface area (Å²) < 4.78 is 1.99. The van der Waals surface area contributed by atoms with Gasteiger partial charge in [0.05, 0.1) is 5.69 Å². The highest BCUT2D eigenvalue weighted by Gasteiger charge is 2.29. The third-order valence-electron chi connectivity index (χ3n) is 3.05. The summed E-state index contributed by atoms with van der Waals surface area (Å²) in [4.78, 5) is 20.7. The highest BCUT2D eigenvalue weighted by atomic mass is 16.2. The third-order valence-corrected chi connectivity index (χ3v) is 3.05. The second-order valence-electron chi connectivity index (χ2n) is 4.13. The van der Waals surface area contributed by atoms with Gasteiger partial charge >= 0.3 is 0 Å². The first-order valence-electron chi connectivity index (χ1n) is 5.41. The second-order valence-corrected chi connectivity index (χ2v) is 4.13. The van der Waals surface area contributed by atoms with E-state index >= 15 is 0 Å². The number of likely N-dealkylation sites (N-methyl/N-ethyl adjacent to an activating group) is 1. The highest BCUT2D eigenvalue weighted by molar-refractivity contribution is 5.97. The van der Waals surface area contributed by atoms with Crippen molar-refractivity contribution < 1.29 is 4.79 Å². The van der Waals surface area contributed by atoms with Gasteiger partial charge in [0, 0.05) is 18.5 Å². The Balaban J connectivity index is 2.48. The van der Waals surface area contributed by atoms with Crippen LogP contribution in [-0.2, 0) is 11.3 Å². The Morgan fingerprint density at radius 1 is 1.53 bits per heavy atom. The molecule has 0 N–H and O–H groups in total. The van der Waals surface area contributed by atoms with Crippen LogP contribution < -0.4 is 4.90 Å². The van der Waals surface area contributed by atoms with Crippen molar-refractivity contribution in [2.45, 2.75) is 32.9 Å². The molecule has 0 bridgehead atoms. The van der Waals surface area contributed by atoms with Crippen LogP contribution >= 0.6 is 0 Å². The number of aryl methyl sites for hydroxylation is 2. The molecule has 1 aliphatic heterocycles. The quantitative estimate of drug-likeness (QED) is 0.419. The summed E-state index contributed by atoms with van der Waals surface area (Å²) in [7, 11) is 1.69. The molecule has 2 rings (SSSR count). The maximum absolute atomic E-state index is 12.1. The topological polar surface area (TPSA) is 86.9 Å². The third kappa shape index (κ3) is 1.74. The van der Waals surface area contributed by atoms with Gasteiger partial charge in [-0.1, -0.05) is 5.11 Å². The molecule has 0 spiro atoms. The molecule has 0 aliphatic carbocycles. The Morgan fingerprint density at radius 3 is 2.88 bits per heavy atom. The smallest absolute Gasteiger partial charge is 0.236 e. The molecule has 1 aliphatic rings. The number of fused-ring (bicyclic) bond motifs is 1. The maximum atomic E-state index is 12.1. The first-order chi connectivity index (χ1) is 8.06. The van der Waals surface area contributed by atoms with E-state index in [4.69, 9.17) is 5.53 Å². The number of nitrogens with zero attached hydrogens (tertiary/aromatic N) is 6. The van der Waals surface area contributed by atoms with Crippen molar-refractivity contribution in [3.8, 4) is 0 Å². The zero-order valence-electron chi connectivity index (χ0n) is 10.1. The summed E-state index contributed by atoms with van der Waals surface area (Å²) in [5.41, 5.74) is 9.28. The number of hydrogen-bond donors (Lipinski definition) is 0. The number of anilines is 1. The molecule has 7 heteroatoms. The van der Waals surface area contributed by atoms with Crippen LogP contribution in [0, 0.1) is 13.8 Å². The zero-order chi connectivity index (χ0) is 12.6. The van der Waals surface area contributed by atoms with Crippen LogP contribution in [0.3, 0.4) is 0 Å². The first-order valence-corrected chi connectivity index (χ1v) is 5.41. The molecule has 0 saturated heterocycles. The Morgan fingerprint density at radius 2 is 2.24 bits per heavy atom. The Hall–Kier alpha value is -2.01. The fraction of sp³-hybridized carbons (Fsp3) is 0.600. The first kappa shape index (κ1) is 11.5. The SMILES string of the molecule is Cc1nc(C)n2c1N(C)C(=O)C(N=[N+]=[N-])CC2. The van der Waals surface area contributed by atoms with E-state index in [9.17, 15) is 4.79 Å². The lowest BCUT2D eigenvalue weighted by Crippen LogP contribution is -2.34. The van der Waals surface area contributed by atoms with Crippen LogP contribution in [0.25, 0.3) is 10.4 Å². The van der Waals surface area contributed by atoms with E-state index in [1.807, 2.05) is 18.4 Å². The summed E-state index contributed by atoms with van der Waals surface area (Å²) in [6.07, 6.45) is 0.511. The van der Waals surface area contributed by atoms with E-state index in [-0.39, 0.29) is 5.91 Å². The van der Waals surface area contributed by atoms with Gasteiger partial charge in [0.15, 0.2) is 0 Å². The Kier molecular flexibility index (Phi) is 2.77. The predicted octanol–water partition coefficient (Wildman–Crippen LogP) is 1.55. The standard InChI is InChI=1S/C10H14N6O/c1-6-9-15(3)10(17)8(13-14-11)4-5-16(9)7(2)12-6/h8H,4-5H2,1-3H3. The second kappa shape index (κ2) is 4.10. The van der Waals surface area contributed by atoms with E-state index in [0.29, 0.717) is 13.0 Å². The van der Waals surface area contributed by atoms with Gasteiger partial charge in [-0.15, -0.1) is 0 Å². The largest absolute Gasteiger partial charge is 0.315 e. The summed E-state index contributed by atoms with van der Waals surface area (Å²) in [5.74, 6) is 1.49. The normalized spacial score (nSPS) is 19.6. The molecule has 0 radical (unpaired) electrons. The van der Waals surface area contributed by atoms with E-state index in [1.165, 1.54) is 4.90 Å². The summed E-state index contributed by atoms with van der Waals surface area (Å²) in [6, 6.07) is -0.622. The molecule has 1 amide bonds. The Labute approximate surface area is 98.7 Å². The van der Waals surface area contributed by atoms with Gasteiger partial charge in [0.2, 0.25) is 5.91 Å². The average Bonchev–Trinajstić information content (AvgIpc) is 2.50. The number of hydrogen-bond acceptors (Lipinski definition) is 3. The number of amides is 1. The monoisotopic (exact) mass is 234 g/mol. The lowest BCUT2D eigenvalue weighted by molar-refractivity contribution is -0.119. The predicted molar refractivity (Wildman–Crippen MR) is 62.7 cm³/mol. The Bertz CT molecular complexity index is 513. The van der Waals surface area contributed by atoms with Crippen LogP contribution in [0.15, 0.2) is 5.11 Å². The molecule has 0 saturated carbocycles. The van der Waals surface area contributed by atoms with Crippen LogP contribution in [-0.4, -0.2) is 28.5 Å². The van der Waals surface area contributed by atoms with Gasteiger partial charge in [0.25, 0.3) is 0 Å². The summed E-state index contributed by atoms with van der Waals surface area (Å²) in [6.45, 7) is 4.42. The van der Waals surface area contributed by atoms with Gasteiger partial charge in [-0.3, -0.25) is 9.69 Å². The molecule has 0 fully saturated rings. The molecule has 17 heavy (non-hydrogen) atoms. The molecule has 1 atom stereocenters. The van der Waals surface area contributed by atoms with Crippen LogP contribution in [0.5, 0.6) is 0 Å². The summed E-state index contributed by atoms with van der Waals surface area (Å²) >= 11 is 0. The van der Waals surface area contributed by atoms with Gasteiger partial charge in [-0.05, 0) is 25.8 Å². The van der Waals surface area contributed by atoms with Gasteiger partial charge in [0.1, 0.15) is 17.7 Å². The number of rotatable bonds is 1. The molecular weight excluding hydrogens is 220 g/mol. The molecule has 1 unspecified atom stereocenters. The highest BCUT2D eigenvalue weighted by Crippen LogP contribution is 2.26. The van der Waals surface area contributed by atoms with Crippen molar-refractivity contribution >= 4 is 11.7 Å². The fourth-order valence-electron chi connectivity index (χ4n) is 2.27. The number of aromatic nitrogens is 2. The minimum Gasteiger partial charge on any atom is -0.315 e. The van der Waals surface area contributed by atoms with Crippen molar-refractivity contribution in [1.29, 1.82) is 0 Å². The van der Waals surface area contributed by atoms with Crippen molar-refractivity contribution in [3.05, 3.63) is 22.0 Å². The van der Waals surface area contributed by atoms with E-state index in [2.05, 4.69) is 15.0 Å². The zero-order valence-corrected chi connectivity index (χ0v) is 10.1. The van der Waals surface area contributed by atoms with Crippen LogP contribution in [0.4, 0.5) is 5.82 Å². The average molecular weight is 234 g/mol. The van der Waals surface area contributed by atoms with Gasteiger partial charge in [-0.25, -0.2) is 4.98 Å². The summed E-state index contributed by atoms with van der Waals surface area (Å²) in [5, 5.41) is 3.55. The number of carbonyl (C=O) groups is 1. The number of imidazole rings is 1. The molecule has 7 nitrogen and oxygen atoms in total. The lowest BCUT2D eigenvalue weighted by Gasteiger charge is -2.17. The van der Waals surface area contributed by atoms with Crippen molar-refractivity contribution in [3.63, 3.8) is 0 Å². The number of azide groups is 1. The molecule has 0 aromatic carbocycles. The lowest BCUT2D eigenvalue weighted by atomic mass is 10.2. The molecule has 90 valence electrons. The molecule has 1 aromatic heterocycles. The van der Waals surface area contributed by atoms with Crippen molar-refractivity contribution in [1.82, 2.24) is 9.55 Å². The molecule has 2 heterocycles. The van der Waals surface area contributed by atoms with Gasteiger partial charge in [-0.2, -0.15) is 0 Å². The molecule has 1 aromatic rings. The van der Waals surface area contributed by atoms with Crippen molar-refractivity contribution in [2.24, 2.45) is 5.11 Å². The maximum Gasteiger partial charge on any atom is 0.236 e. The van der Waals surface area contributed by atoms with E-state index < -0.39 is 6.04 Å². The van der Waals surface area contributed by atoms with Crippen LogP contribution in [0.1, 0.15) is 17.9 Å². The minimum absolute atomic E-state index is 0.176. The van der Waals surface area contributed by atoms with Gasteiger partial charge < -0.3 is 4.57 Å². The van der Waals surface area contributed by atoms with E-state index in [0.717, 1.165) is 17.3 Å². The van der Waals surface area contributed by atoms with E-state index in [1.54, 1.807) is 7.05 Å². The van der Waals surface area contributed by atoms with Crippen molar-refractivity contribution in [2.75, 3.05) is 11.9 Å².